The minimum absolute atomic E-state index is 0.0597. The maximum atomic E-state index is 11.6. The van der Waals surface area contributed by atoms with Gasteiger partial charge in [-0.25, -0.2) is 19.4 Å². The Kier molecular flexibility index (Phi) is 12.1. The van der Waals surface area contributed by atoms with Gasteiger partial charge in [-0.2, -0.15) is 35.4 Å². The fraction of sp³-hybridized carbons (Fsp3) is 0.171. The number of hydrogen-bond donors (Lipinski definition) is 6. The van der Waals surface area contributed by atoms with Gasteiger partial charge in [0, 0.05) is 24.5 Å². The summed E-state index contributed by atoms with van der Waals surface area (Å²) in [5.74, 6) is -1.37. The molecule has 0 atom stereocenters. The van der Waals surface area contributed by atoms with Gasteiger partial charge in [-0.05, 0) is 83.9 Å². The number of anilines is 5. The van der Waals surface area contributed by atoms with Crippen molar-refractivity contribution in [2.45, 2.75) is 13.2 Å². The minimum atomic E-state index is -1.19. The van der Waals surface area contributed by atoms with Crippen molar-refractivity contribution in [2.24, 2.45) is 20.5 Å². The number of aromatic nitrogens is 3. The molecular formula is C35H32N10O9. The van der Waals surface area contributed by atoms with Crippen LogP contribution in [-0.4, -0.2) is 73.9 Å². The molecule has 6 rings (SSSR count). The van der Waals surface area contributed by atoms with Gasteiger partial charge < -0.3 is 30.5 Å². The van der Waals surface area contributed by atoms with Crippen LogP contribution in [0.5, 0.6) is 0 Å². The first kappa shape index (κ1) is 37.0. The fourth-order valence-corrected chi connectivity index (χ4v) is 5.14. The van der Waals surface area contributed by atoms with Crippen LogP contribution in [0.25, 0.3) is 0 Å². The summed E-state index contributed by atoms with van der Waals surface area (Å²) in [6.45, 7) is 1.70. The summed E-state index contributed by atoms with van der Waals surface area (Å²) >= 11 is 0. The van der Waals surface area contributed by atoms with Gasteiger partial charge in [-0.1, -0.05) is 12.1 Å². The minimum Gasteiger partial charge on any atom is -0.478 e. The molecule has 19 heteroatoms. The summed E-state index contributed by atoms with van der Waals surface area (Å²) in [6.07, 6.45) is 0. The molecule has 0 unspecified atom stereocenters. The molecule has 0 radical (unpaired) electrons. The smallest absolute Gasteiger partial charge is 0.336 e. The lowest BCUT2D eigenvalue weighted by molar-refractivity contribution is -0.253. The van der Waals surface area contributed by atoms with Crippen molar-refractivity contribution in [3.05, 3.63) is 107 Å². The first-order valence-electron chi connectivity index (χ1n) is 16.2. The fourth-order valence-electron chi connectivity index (χ4n) is 5.14. The van der Waals surface area contributed by atoms with E-state index in [2.05, 4.69) is 55.8 Å². The monoisotopic (exact) mass is 736 g/mol. The molecule has 6 N–H and O–H groups in total. The van der Waals surface area contributed by atoms with E-state index in [1.54, 1.807) is 60.7 Å². The maximum Gasteiger partial charge on any atom is 0.336 e. The van der Waals surface area contributed by atoms with E-state index in [1.807, 2.05) is 4.90 Å². The van der Waals surface area contributed by atoms with Crippen molar-refractivity contribution < 1.29 is 44.8 Å². The Morgan fingerprint density at radius 1 is 0.630 bits per heavy atom. The Morgan fingerprint density at radius 2 is 1.04 bits per heavy atom. The lowest BCUT2D eigenvalue weighted by Gasteiger charge is -2.27. The molecule has 2 heterocycles. The first-order valence-corrected chi connectivity index (χ1v) is 16.2. The second-order valence-electron chi connectivity index (χ2n) is 11.5. The van der Waals surface area contributed by atoms with Crippen LogP contribution in [0.15, 0.2) is 105 Å². The summed E-state index contributed by atoms with van der Waals surface area (Å²) in [7, 11) is 0. The number of ether oxygens (including phenoxy) is 1. The number of nitrogens with one attached hydrogen (secondary N) is 2. The van der Waals surface area contributed by atoms with E-state index < -0.39 is 11.9 Å². The molecule has 19 nitrogen and oxygen atoms in total. The van der Waals surface area contributed by atoms with Crippen LogP contribution < -0.4 is 15.5 Å². The number of azo groups is 2. The van der Waals surface area contributed by atoms with Gasteiger partial charge in [0.05, 0.1) is 47.1 Å². The zero-order chi connectivity index (χ0) is 37.9. The Balaban J connectivity index is 1.15. The molecule has 0 saturated carbocycles. The van der Waals surface area contributed by atoms with Crippen LogP contribution in [-0.2, 0) is 27.7 Å². The molecule has 0 bridgehead atoms. The van der Waals surface area contributed by atoms with Crippen molar-refractivity contribution in [1.29, 1.82) is 0 Å². The summed E-state index contributed by atoms with van der Waals surface area (Å²) in [6, 6.07) is 22.7. The third-order valence-electron chi connectivity index (χ3n) is 7.81. The predicted molar refractivity (Wildman–Crippen MR) is 192 cm³/mol. The van der Waals surface area contributed by atoms with Crippen molar-refractivity contribution in [3.63, 3.8) is 0 Å². The van der Waals surface area contributed by atoms with Crippen molar-refractivity contribution in [1.82, 2.24) is 15.0 Å². The van der Waals surface area contributed by atoms with E-state index in [0.29, 0.717) is 77.5 Å². The Morgan fingerprint density at radius 3 is 1.44 bits per heavy atom. The molecule has 54 heavy (non-hydrogen) atoms. The van der Waals surface area contributed by atoms with E-state index >= 15 is 0 Å². The predicted octanol–water partition coefficient (Wildman–Crippen LogP) is 7.40. The Bertz CT molecular complexity index is 2020. The van der Waals surface area contributed by atoms with Crippen molar-refractivity contribution in [2.75, 3.05) is 41.8 Å². The van der Waals surface area contributed by atoms with Gasteiger partial charge in [0.2, 0.25) is 17.8 Å². The number of rotatable bonds is 15. The van der Waals surface area contributed by atoms with Crippen molar-refractivity contribution >= 4 is 63.9 Å². The molecule has 0 aliphatic carbocycles. The number of nitrogens with zero attached hydrogens (tertiary/aromatic N) is 8. The summed E-state index contributed by atoms with van der Waals surface area (Å²) in [5, 5.41) is 59.4. The van der Waals surface area contributed by atoms with E-state index in [-0.39, 0.29) is 36.2 Å². The number of hydrogen-bond acceptors (Lipinski definition) is 17. The largest absolute Gasteiger partial charge is 0.478 e. The van der Waals surface area contributed by atoms with Crippen LogP contribution in [0.2, 0.25) is 0 Å². The van der Waals surface area contributed by atoms with E-state index in [0.717, 1.165) is 0 Å². The van der Waals surface area contributed by atoms with Crippen LogP contribution in [0.4, 0.5) is 52.0 Å². The lowest BCUT2D eigenvalue weighted by atomic mass is 10.1. The summed E-state index contributed by atoms with van der Waals surface area (Å²) < 4.78 is 5.50. The van der Waals surface area contributed by atoms with E-state index in [4.69, 9.17) is 15.3 Å². The number of carboxylic acid groups (broad SMARTS) is 2. The van der Waals surface area contributed by atoms with E-state index in [1.165, 1.54) is 24.3 Å². The molecule has 276 valence electrons. The normalized spacial score (nSPS) is 13.0. The SMILES string of the molecule is O=C(O)c1cc(N=Nc2ccc(Nc3nc(Nc4ccc(N=Nc5ccc(COO)c(C(=O)O)c5)cc4)nc(N4CCOCC4)n3)cc2)ccc1COO. The molecule has 4 aromatic carbocycles. The topological polar surface area (TPSA) is 258 Å². The molecule has 0 spiro atoms. The van der Waals surface area contributed by atoms with Crippen LogP contribution in [0.3, 0.4) is 0 Å². The number of carboxylic acids is 2. The van der Waals surface area contributed by atoms with Crippen LogP contribution >= 0.6 is 0 Å². The standard InChI is InChI=1S/C35H32N10O9/c46-31(47)29-17-27(3-1-21(29)19-53-50)43-41-25-9-5-23(6-10-25)36-33-38-34(40-35(39-33)45-13-15-52-16-14-45)37-24-7-11-26(12-8-24)42-44-28-4-2-22(20-54-51)30(18-28)32(48)49/h1-12,17-18,50-51H,13-16,19-20H2,(H,46,47)(H,48,49)(H2,36,37,38,39,40). The van der Waals surface area contributed by atoms with Crippen LogP contribution in [0, 0.1) is 0 Å². The molecule has 5 aromatic rings. The highest BCUT2D eigenvalue weighted by Crippen LogP contribution is 2.27. The quantitative estimate of drug-likeness (QED) is 0.0347. The molecular weight excluding hydrogens is 704 g/mol. The maximum absolute atomic E-state index is 11.6. The number of morpholine rings is 1. The zero-order valence-corrected chi connectivity index (χ0v) is 28.2. The molecule has 1 aromatic heterocycles. The van der Waals surface area contributed by atoms with Crippen LogP contribution in [0.1, 0.15) is 31.8 Å². The summed E-state index contributed by atoms with van der Waals surface area (Å²) in [5.41, 5.74) is 3.40. The second-order valence-corrected chi connectivity index (χ2v) is 11.5. The number of benzene rings is 4. The van der Waals surface area contributed by atoms with Gasteiger partial charge in [0.25, 0.3) is 0 Å². The van der Waals surface area contributed by atoms with Gasteiger partial charge in [-0.15, -0.1) is 0 Å². The number of aromatic carboxylic acids is 2. The highest BCUT2D eigenvalue weighted by atomic mass is 17.1. The summed E-state index contributed by atoms with van der Waals surface area (Å²) in [4.78, 5) is 47.2. The highest BCUT2D eigenvalue weighted by molar-refractivity contribution is 5.91. The van der Waals surface area contributed by atoms with Gasteiger partial charge in [0.1, 0.15) is 13.2 Å². The van der Waals surface area contributed by atoms with Gasteiger partial charge in [0.15, 0.2) is 0 Å². The Hall–Kier alpha value is -6.77. The number of carbonyl (C=O) groups is 2. The van der Waals surface area contributed by atoms with Crippen molar-refractivity contribution in [3.8, 4) is 0 Å². The third-order valence-corrected chi connectivity index (χ3v) is 7.81. The average Bonchev–Trinajstić information content (AvgIpc) is 3.18. The molecule has 1 fully saturated rings. The third kappa shape index (κ3) is 9.76. The molecule has 1 aliphatic rings. The highest BCUT2D eigenvalue weighted by Gasteiger charge is 2.18. The van der Waals surface area contributed by atoms with Gasteiger partial charge >= 0.3 is 11.9 Å². The lowest BCUT2D eigenvalue weighted by Crippen LogP contribution is -2.37. The second kappa shape index (κ2) is 17.6. The first-order chi connectivity index (χ1) is 26.3. The average molecular weight is 737 g/mol. The zero-order valence-electron chi connectivity index (χ0n) is 28.2. The van der Waals surface area contributed by atoms with E-state index in [9.17, 15) is 19.8 Å². The van der Waals surface area contributed by atoms with Gasteiger partial charge in [-0.3, -0.25) is 10.5 Å². The Labute approximate surface area is 306 Å². The molecule has 1 aliphatic heterocycles. The molecule has 1 saturated heterocycles. The molecule has 0 amide bonds.